The number of thiol groups is 2. The molecule has 2 aliphatic heterocycles. The SMILES string of the molecule is CSC1=C(SCCl)S/C(=C\C=C2SC(CS)=C(CS)S2)S1. The molecular formula is C12H13ClS8. The zero-order valence-corrected chi connectivity index (χ0v) is 18.4. The van der Waals surface area contributed by atoms with Crippen molar-refractivity contribution in [1.29, 1.82) is 0 Å². The van der Waals surface area contributed by atoms with E-state index in [0.29, 0.717) is 5.21 Å². The maximum atomic E-state index is 5.84. The Kier molecular flexibility index (Phi) is 9.35. The predicted molar refractivity (Wildman–Crippen MR) is 120 cm³/mol. The molecule has 0 bridgehead atoms. The minimum absolute atomic E-state index is 0.605. The van der Waals surface area contributed by atoms with Gasteiger partial charge in [-0.1, -0.05) is 47.0 Å². The standard InChI is InChI=1S/C12H13ClS8/c1-16-11-12(17-6-13)21-10(20-11)3-2-9-18-7(4-14)8(5-15)19-9/h2-3,14-15H,4-6H2,1H3/b10-3-. The van der Waals surface area contributed by atoms with Gasteiger partial charge in [0, 0.05) is 25.6 Å². The summed E-state index contributed by atoms with van der Waals surface area (Å²) in [4.78, 5) is 2.66. The van der Waals surface area contributed by atoms with Crippen molar-refractivity contribution in [3.63, 3.8) is 0 Å². The van der Waals surface area contributed by atoms with Crippen LogP contribution in [0, 0.1) is 0 Å². The average molecular weight is 449 g/mol. The lowest BCUT2D eigenvalue weighted by atomic mass is 10.6. The molecule has 21 heavy (non-hydrogen) atoms. The van der Waals surface area contributed by atoms with E-state index in [1.54, 1.807) is 23.5 Å². The molecule has 2 heterocycles. The highest BCUT2D eigenvalue weighted by Gasteiger charge is 2.21. The first kappa shape index (κ1) is 19.4. The van der Waals surface area contributed by atoms with Crippen molar-refractivity contribution in [1.82, 2.24) is 0 Å². The zero-order valence-electron chi connectivity index (χ0n) is 11.0. The van der Waals surface area contributed by atoms with Gasteiger partial charge in [0.15, 0.2) is 0 Å². The molecule has 0 saturated heterocycles. The Morgan fingerprint density at radius 2 is 1.48 bits per heavy atom. The fourth-order valence-electron chi connectivity index (χ4n) is 1.44. The molecule has 0 radical (unpaired) electrons. The lowest BCUT2D eigenvalue weighted by Crippen LogP contribution is -1.80. The van der Waals surface area contributed by atoms with Crippen LogP contribution in [0.25, 0.3) is 0 Å². The zero-order chi connectivity index (χ0) is 15.2. The maximum Gasteiger partial charge on any atom is 0.0733 e. The molecule has 0 fully saturated rings. The summed E-state index contributed by atoms with van der Waals surface area (Å²) in [7, 11) is 0. The first-order valence-corrected chi connectivity index (χ1v) is 13.0. The molecule has 0 atom stereocenters. The van der Waals surface area contributed by atoms with Crippen LogP contribution < -0.4 is 0 Å². The predicted octanol–water partition coefficient (Wildman–Crippen LogP) is 7.12. The lowest BCUT2D eigenvalue weighted by molar-refractivity contribution is 1.61. The third-order valence-electron chi connectivity index (χ3n) is 2.33. The van der Waals surface area contributed by atoms with Crippen molar-refractivity contribution >= 4 is 107 Å². The molecule has 0 nitrogen and oxygen atoms in total. The Balaban J connectivity index is 2.00. The Bertz CT molecular complexity index is 501. The van der Waals surface area contributed by atoms with Crippen LogP contribution in [-0.4, -0.2) is 23.0 Å². The van der Waals surface area contributed by atoms with Crippen molar-refractivity contribution in [3.8, 4) is 0 Å². The van der Waals surface area contributed by atoms with Crippen molar-refractivity contribution in [2.45, 2.75) is 0 Å². The normalized spacial score (nSPS) is 21.1. The van der Waals surface area contributed by atoms with Gasteiger partial charge in [0.2, 0.25) is 0 Å². The van der Waals surface area contributed by atoms with E-state index in [4.69, 9.17) is 11.6 Å². The number of allylic oxidation sites excluding steroid dienone is 2. The molecule has 0 aromatic rings. The smallest absolute Gasteiger partial charge is 0.0733 e. The highest BCUT2D eigenvalue weighted by atomic mass is 35.5. The van der Waals surface area contributed by atoms with Gasteiger partial charge in [-0.05, 0) is 18.4 Å². The molecule has 0 aromatic carbocycles. The topological polar surface area (TPSA) is 0 Å². The molecule has 2 rings (SSSR count). The van der Waals surface area contributed by atoms with E-state index in [2.05, 4.69) is 43.7 Å². The Hall–Kier alpha value is 2.05. The van der Waals surface area contributed by atoms with Crippen molar-refractivity contribution < 1.29 is 0 Å². The Morgan fingerprint density at radius 1 is 0.952 bits per heavy atom. The van der Waals surface area contributed by atoms with Gasteiger partial charge in [-0.25, -0.2) is 0 Å². The molecule has 0 spiro atoms. The number of halogens is 1. The van der Waals surface area contributed by atoms with Crippen LogP contribution in [0.4, 0.5) is 0 Å². The first-order valence-electron chi connectivity index (χ1n) is 5.76. The lowest BCUT2D eigenvalue weighted by Gasteiger charge is -1.97. The van der Waals surface area contributed by atoms with Gasteiger partial charge in [-0.3, -0.25) is 0 Å². The fourth-order valence-corrected chi connectivity index (χ4v) is 10.0. The van der Waals surface area contributed by atoms with E-state index in [0.717, 1.165) is 11.5 Å². The van der Waals surface area contributed by atoms with E-state index < -0.39 is 0 Å². The van der Waals surface area contributed by atoms with Gasteiger partial charge in [-0.2, -0.15) is 25.3 Å². The van der Waals surface area contributed by atoms with Crippen molar-refractivity contribution in [2.24, 2.45) is 0 Å². The minimum atomic E-state index is 0.605. The van der Waals surface area contributed by atoms with E-state index in [9.17, 15) is 0 Å². The van der Waals surface area contributed by atoms with Gasteiger partial charge in [-0.15, -0.1) is 35.1 Å². The van der Waals surface area contributed by atoms with Crippen LogP contribution in [-0.2, 0) is 0 Å². The Labute approximate surface area is 167 Å². The highest BCUT2D eigenvalue weighted by molar-refractivity contribution is 8.40. The van der Waals surface area contributed by atoms with E-state index in [1.807, 2.05) is 47.0 Å². The second kappa shape index (κ2) is 10.1. The van der Waals surface area contributed by atoms with Gasteiger partial charge in [0.05, 0.1) is 17.9 Å². The molecule has 2 aliphatic rings. The quantitative estimate of drug-likeness (QED) is 0.325. The monoisotopic (exact) mass is 448 g/mol. The van der Waals surface area contributed by atoms with Crippen molar-refractivity contribution in [3.05, 3.63) is 38.9 Å². The summed E-state index contributed by atoms with van der Waals surface area (Å²) >= 11 is 25.4. The van der Waals surface area contributed by atoms with Crippen LogP contribution in [0.1, 0.15) is 0 Å². The molecule has 0 saturated carbocycles. The molecule has 0 amide bonds. The van der Waals surface area contributed by atoms with Gasteiger partial charge >= 0.3 is 0 Å². The van der Waals surface area contributed by atoms with Crippen LogP contribution in [0.3, 0.4) is 0 Å². The number of thioether (sulfide) groups is 6. The summed E-state index contributed by atoms with van der Waals surface area (Å²) in [5, 5.41) is 0.605. The summed E-state index contributed by atoms with van der Waals surface area (Å²) in [5.74, 6) is 1.58. The van der Waals surface area contributed by atoms with Gasteiger partial charge in [0.25, 0.3) is 0 Å². The third kappa shape index (κ3) is 5.53. The molecule has 0 unspecified atom stereocenters. The van der Waals surface area contributed by atoms with E-state index >= 15 is 0 Å². The summed E-state index contributed by atoms with van der Waals surface area (Å²) in [5.41, 5.74) is 0. The molecule has 116 valence electrons. The molecule has 9 heteroatoms. The molecule has 0 aromatic heterocycles. The largest absolute Gasteiger partial charge is 0.174 e. The average Bonchev–Trinajstić information content (AvgIpc) is 3.08. The maximum absolute atomic E-state index is 5.84. The minimum Gasteiger partial charge on any atom is -0.174 e. The third-order valence-corrected chi connectivity index (χ3v) is 11.3. The number of rotatable bonds is 6. The number of hydrogen-bond donors (Lipinski definition) is 2. The van der Waals surface area contributed by atoms with E-state index in [-0.39, 0.29) is 0 Å². The summed E-state index contributed by atoms with van der Waals surface area (Å²) in [6, 6.07) is 0. The van der Waals surface area contributed by atoms with Crippen LogP contribution in [0.5, 0.6) is 0 Å². The summed E-state index contributed by atoms with van der Waals surface area (Å²) in [6.45, 7) is 0. The van der Waals surface area contributed by atoms with Crippen molar-refractivity contribution in [2.75, 3.05) is 23.0 Å². The molecule has 0 aliphatic carbocycles. The second-order valence-electron chi connectivity index (χ2n) is 3.57. The fraction of sp³-hybridized carbons (Fsp3) is 0.333. The number of hydrogen-bond acceptors (Lipinski definition) is 8. The summed E-state index contributed by atoms with van der Waals surface area (Å²) in [6.07, 6.45) is 6.53. The van der Waals surface area contributed by atoms with Crippen LogP contribution in [0.15, 0.2) is 38.9 Å². The summed E-state index contributed by atoms with van der Waals surface area (Å²) < 4.78 is 5.30. The first-order chi connectivity index (χ1) is 10.2. The van der Waals surface area contributed by atoms with Crippen LogP contribution >= 0.6 is 107 Å². The van der Waals surface area contributed by atoms with Gasteiger partial charge < -0.3 is 0 Å². The Morgan fingerprint density at radius 3 is 1.95 bits per heavy atom. The number of alkyl halides is 1. The van der Waals surface area contributed by atoms with Crippen LogP contribution in [0.2, 0.25) is 0 Å². The molecular weight excluding hydrogens is 436 g/mol. The highest BCUT2D eigenvalue weighted by Crippen LogP contribution is 2.57. The second-order valence-corrected chi connectivity index (χ2v) is 12.0. The van der Waals surface area contributed by atoms with Gasteiger partial charge in [0.1, 0.15) is 0 Å². The van der Waals surface area contributed by atoms with E-state index in [1.165, 1.54) is 26.8 Å². The molecule has 0 N–H and O–H groups in total.